The van der Waals surface area contributed by atoms with Crippen molar-refractivity contribution in [1.29, 1.82) is 0 Å². The maximum atomic E-state index is 5.50. The number of hydrogen-bond donors (Lipinski definition) is 1. The van der Waals surface area contributed by atoms with Crippen LogP contribution in [0.1, 0.15) is 36.0 Å². The number of allylic oxidation sites excluding steroid dienone is 2. The Morgan fingerprint density at radius 1 is 1.00 bits per heavy atom. The summed E-state index contributed by atoms with van der Waals surface area (Å²) < 4.78 is 10.9. The highest BCUT2D eigenvalue weighted by Crippen LogP contribution is 2.46. The van der Waals surface area contributed by atoms with Crippen molar-refractivity contribution < 1.29 is 9.47 Å². The molecule has 3 aliphatic rings. The lowest BCUT2D eigenvalue weighted by atomic mass is 10.0. The minimum atomic E-state index is 0.0968. The third-order valence-corrected chi connectivity index (χ3v) is 6.54. The van der Waals surface area contributed by atoms with Gasteiger partial charge in [0.05, 0.1) is 5.04 Å². The molecule has 5 heteroatoms. The molecule has 2 aromatic carbocycles. The molecule has 4 nitrogen and oxygen atoms in total. The Morgan fingerprint density at radius 2 is 1.93 bits per heavy atom. The fourth-order valence-electron chi connectivity index (χ4n) is 3.69. The molecular weight excluding hydrogens is 380 g/mol. The molecule has 0 amide bonds. The van der Waals surface area contributed by atoms with Crippen molar-refractivity contribution in [3.8, 4) is 11.5 Å². The number of thioether (sulfide) groups is 1. The van der Waals surface area contributed by atoms with Crippen LogP contribution in [0.15, 0.2) is 71.9 Å². The minimum Gasteiger partial charge on any atom is -0.454 e. The number of aliphatic imine (C=N–C) groups is 1. The summed E-state index contributed by atoms with van der Waals surface area (Å²) >= 11 is 1.79. The molecule has 1 aliphatic carbocycles. The Balaban J connectivity index is 1.24. The zero-order valence-electron chi connectivity index (χ0n) is 16.3. The highest BCUT2D eigenvalue weighted by molar-refractivity contribution is 8.13. The van der Waals surface area contributed by atoms with Crippen LogP contribution in [0, 0.1) is 0 Å². The Bertz CT molecular complexity index is 992. The molecule has 0 atom stereocenters. The number of rotatable bonds is 6. The van der Waals surface area contributed by atoms with E-state index in [1.54, 1.807) is 11.8 Å². The molecule has 0 spiro atoms. The van der Waals surface area contributed by atoms with Crippen LogP contribution in [-0.4, -0.2) is 11.8 Å². The first-order valence-corrected chi connectivity index (χ1v) is 11.0. The van der Waals surface area contributed by atoms with Gasteiger partial charge in [0.1, 0.15) is 0 Å². The summed E-state index contributed by atoms with van der Waals surface area (Å²) in [6.45, 7) is 1.14. The van der Waals surface area contributed by atoms with Gasteiger partial charge in [0.25, 0.3) is 0 Å². The molecule has 0 unspecified atom stereocenters. The van der Waals surface area contributed by atoms with Gasteiger partial charge in [-0.1, -0.05) is 42.5 Å². The van der Waals surface area contributed by atoms with Crippen molar-refractivity contribution in [2.75, 3.05) is 6.79 Å². The number of ether oxygens (including phenoxy) is 2. The normalized spacial score (nSPS) is 18.4. The average Bonchev–Trinajstić information content (AvgIpc) is 3.48. The van der Waals surface area contributed by atoms with Crippen molar-refractivity contribution in [2.24, 2.45) is 4.99 Å². The van der Waals surface area contributed by atoms with E-state index in [1.807, 2.05) is 12.3 Å². The first kappa shape index (κ1) is 18.5. The second-order valence-electron chi connectivity index (χ2n) is 7.60. The van der Waals surface area contributed by atoms with E-state index < -0.39 is 0 Å². The fourth-order valence-corrected chi connectivity index (χ4v) is 4.52. The van der Waals surface area contributed by atoms with Crippen LogP contribution < -0.4 is 14.8 Å². The average molecular weight is 405 g/mol. The van der Waals surface area contributed by atoms with Crippen LogP contribution >= 0.6 is 11.8 Å². The van der Waals surface area contributed by atoms with E-state index in [9.17, 15) is 0 Å². The molecule has 2 aromatic rings. The summed E-state index contributed by atoms with van der Waals surface area (Å²) in [5.74, 6) is 2.62. The van der Waals surface area contributed by atoms with Gasteiger partial charge in [-0.05, 0) is 54.2 Å². The summed E-state index contributed by atoms with van der Waals surface area (Å²) in [7, 11) is 0. The monoisotopic (exact) mass is 404 g/mol. The molecule has 0 aromatic heterocycles. The molecule has 2 aliphatic heterocycles. The maximum absolute atomic E-state index is 5.50. The first-order valence-electron chi connectivity index (χ1n) is 10.1. The van der Waals surface area contributed by atoms with E-state index in [1.165, 1.54) is 29.5 Å². The van der Waals surface area contributed by atoms with E-state index >= 15 is 0 Å². The van der Waals surface area contributed by atoms with Gasteiger partial charge in [0, 0.05) is 24.0 Å². The standard InChI is InChI=1S/C24H24N2O2S/c1-2-7-23(25-12-3-1)29-16-19-5-4-6-20(13-19)24(10-11-24)26-15-18-8-9-21-22(14-18)28-17-27-21/h2-9,12-14,26H,1,10-11,15-17H2. The number of benzene rings is 2. The van der Waals surface area contributed by atoms with Gasteiger partial charge in [0.15, 0.2) is 11.5 Å². The molecule has 2 heterocycles. The fraction of sp³-hybridized carbons (Fsp3) is 0.292. The molecule has 5 rings (SSSR count). The number of nitrogens with one attached hydrogen (secondary N) is 1. The lowest BCUT2D eigenvalue weighted by molar-refractivity contribution is 0.174. The smallest absolute Gasteiger partial charge is 0.231 e. The molecule has 0 radical (unpaired) electrons. The summed E-state index contributed by atoms with van der Waals surface area (Å²) in [5.41, 5.74) is 4.04. The summed E-state index contributed by atoms with van der Waals surface area (Å²) in [5, 5.41) is 4.86. The van der Waals surface area contributed by atoms with Crippen molar-refractivity contribution in [1.82, 2.24) is 5.32 Å². The van der Waals surface area contributed by atoms with Crippen LogP contribution in [0.3, 0.4) is 0 Å². The van der Waals surface area contributed by atoms with Crippen molar-refractivity contribution in [2.45, 2.75) is 37.1 Å². The van der Waals surface area contributed by atoms with Crippen LogP contribution in [-0.2, 0) is 17.8 Å². The SMILES string of the molecule is C1=CN=C(SCc2cccc(C3(NCc4ccc5c(c4)OCO5)CC3)c2)C=CC1. The van der Waals surface area contributed by atoms with Gasteiger partial charge in [-0.25, -0.2) is 0 Å². The Hall–Kier alpha value is -2.50. The van der Waals surface area contributed by atoms with E-state index in [-0.39, 0.29) is 5.54 Å². The molecule has 0 bridgehead atoms. The maximum Gasteiger partial charge on any atom is 0.231 e. The Labute approximate surface area is 175 Å². The van der Waals surface area contributed by atoms with Gasteiger partial charge in [0.2, 0.25) is 6.79 Å². The second kappa shape index (κ2) is 8.09. The van der Waals surface area contributed by atoms with Gasteiger partial charge < -0.3 is 14.8 Å². The lowest BCUT2D eigenvalue weighted by Gasteiger charge is -2.19. The Morgan fingerprint density at radius 3 is 2.86 bits per heavy atom. The summed E-state index contributed by atoms with van der Waals surface area (Å²) in [4.78, 5) is 4.49. The molecule has 0 saturated heterocycles. The second-order valence-corrected chi connectivity index (χ2v) is 8.60. The van der Waals surface area contributed by atoms with Crippen molar-refractivity contribution in [3.05, 3.63) is 83.6 Å². The van der Waals surface area contributed by atoms with E-state index in [0.29, 0.717) is 6.79 Å². The van der Waals surface area contributed by atoms with Gasteiger partial charge in [-0.2, -0.15) is 0 Å². The van der Waals surface area contributed by atoms with Gasteiger partial charge in [-0.3, -0.25) is 4.99 Å². The summed E-state index contributed by atoms with van der Waals surface area (Å²) in [6.07, 6.45) is 11.6. The quantitative estimate of drug-likeness (QED) is 0.709. The first-order chi connectivity index (χ1) is 14.3. The van der Waals surface area contributed by atoms with Crippen LogP contribution in [0.25, 0.3) is 0 Å². The largest absolute Gasteiger partial charge is 0.454 e. The van der Waals surface area contributed by atoms with Crippen LogP contribution in [0.4, 0.5) is 0 Å². The lowest BCUT2D eigenvalue weighted by Crippen LogP contribution is -2.28. The predicted octanol–water partition coefficient (Wildman–Crippen LogP) is 5.30. The predicted molar refractivity (Wildman–Crippen MR) is 118 cm³/mol. The minimum absolute atomic E-state index is 0.0968. The van der Waals surface area contributed by atoms with Crippen LogP contribution in [0.5, 0.6) is 11.5 Å². The van der Waals surface area contributed by atoms with Crippen molar-refractivity contribution >= 4 is 16.8 Å². The number of hydrogen-bond acceptors (Lipinski definition) is 5. The van der Waals surface area contributed by atoms with E-state index in [4.69, 9.17) is 9.47 Å². The topological polar surface area (TPSA) is 42.9 Å². The highest BCUT2D eigenvalue weighted by Gasteiger charge is 2.43. The Kier molecular flexibility index (Phi) is 5.17. The molecule has 29 heavy (non-hydrogen) atoms. The van der Waals surface area contributed by atoms with Crippen LogP contribution in [0.2, 0.25) is 0 Å². The third kappa shape index (κ3) is 4.26. The molecule has 1 saturated carbocycles. The van der Waals surface area contributed by atoms with Gasteiger partial charge in [-0.15, -0.1) is 11.8 Å². The van der Waals surface area contributed by atoms with Gasteiger partial charge >= 0.3 is 0 Å². The number of fused-ring (bicyclic) bond motifs is 1. The van der Waals surface area contributed by atoms with E-state index in [0.717, 1.165) is 35.3 Å². The zero-order valence-corrected chi connectivity index (χ0v) is 17.1. The molecular formula is C24H24N2O2S. The van der Waals surface area contributed by atoms with Crippen molar-refractivity contribution in [3.63, 3.8) is 0 Å². The number of nitrogens with zero attached hydrogens (tertiary/aromatic N) is 1. The molecule has 148 valence electrons. The molecule has 1 N–H and O–H groups in total. The molecule has 1 fully saturated rings. The zero-order chi connectivity index (χ0) is 19.5. The summed E-state index contributed by atoms with van der Waals surface area (Å²) in [6, 6.07) is 15.2. The third-order valence-electron chi connectivity index (χ3n) is 5.52. The highest BCUT2D eigenvalue weighted by atomic mass is 32.2. The van der Waals surface area contributed by atoms with E-state index in [2.05, 4.69) is 64.9 Å².